The van der Waals surface area contributed by atoms with Gasteiger partial charge in [-0.15, -0.1) is 5.10 Å². The summed E-state index contributed by atoms with van der Waals surface area (Å²) in [7, 11) is 0. The van der Waals surface area contributed by atoms with Crippen LogP contribution in [0.25, 0.3) is 10.9 Å². The average Bonchev–Trinajstić information content (AvgIpc) is 3.71. The maximum absolute atomic E-state index is 13.7. The van der Waals surface area contributed by atoms with E-state index in [0.717, 1.165) is 34.9 Å². The normalized spacial score (nSPS) is 16.3. The van der Waals surface area contributed by atoms with Crippen LogP contribution in [0.4, 0.5) is 4.39 Å². The minimum atomic E-state index is -0.634. The van der Waals surface area contributed by atoms with Gasteiger partial charge in [-0.3, -0.25) is 9.69 Å². The zero-order valence-electron chi connectivity index (χ0n) is 21.6. The number of ether oxygens (including phenoxy) is 1. The molecule has 5 aromatic rings. The van der Waals surface area contributed by atoms with Crippen molar-refractivity contribution in [3.8, 4) is 0 Å². The monoisotopic (exact) mass is 528 g/mol. The highest BCUT2D eigenvalue weighted by Gasteiger charge is 2.32. The van der Waals surface area contributed by atoms with Crippen LogP contribution in [0.5, 0.6) is 0 Å². The predicted octanol–water partition coefficient (Wildman–Crippen LogP) is 4.53. The molecule has 0 spiro atoms. The number of pyridine rings is 1. The summed E-state index contributed by atoms with van der Waals surface area (Å²) in [5.74, 6) is 0.930. The lowest BCUT2D eigenvalue weighted by Crippen LogP contribution is -2.35. The molecular weight excluding hydrogens is 499 g/mol. The molecule has 2 aromatic carbocycles. The fourth-order valence-corrected chi connectivity index (χ4v) is 5.23. The van der Waals surface area contributed by atoms with Gasteiger partial charge in [0.05, 0.1) is 25.5 Å². The average molecular weight is 529 g/mol. The van der Waals surface area contributed by atoms with Crippen LogP contribution in [0.15, 0.2) is 76.1 Å². The fourth-order valence-electron chi connectivity index (χ4n) is 5.23. The Bertz CT molecular complexity index is 1610. The number of furan rings is 1. The van der Waals surface area contributed by atoms with Crippen LogP contribution in [0.3, 0.4) is 0 Å². The molecule has 9 nitrogen and oxygen atoms in total. The molecule has 0 amide bonds. The minimum Gasteiger partial charge on any atom is -0.468 e. The molecule has 1 saturated heterocycles. The van der Waals surface area contributed by atoms with Crippen molar-refractivity contribution in [2.24, 2.45) is 0 Å². The number of hydrogen-bond donors (Lipinski definition) is 1. The number of hydrogen-bond acceptors (Lipinski definition) is 7. The van der Waals surface area contributed by atoms with E-state index in [1.807, 2.05) is 43.3 Å². The van der Waals surface area contributed by atoms with Gasteiger partial charge in [0.25, 0.3) is 5.56 Å². The summed E-state index contributed by atoms with van der Waals surface area (Å²) in [6.07, 6.45) is 3.53. The van der Waals surface area contributed by atoms with Crippen LogP contribution in [-0.4, -0.2) is 42.8 Å². The molecule has 1 N–H and O–H groups in total. The number of aromatic nitrogens is 5. The van der Waals surface area contributed by atoms with Gasteiger partial charge < -0.3 is 14.1 Å². The molecule has 4 heterocycles. The Morgan fingerprint density at radius 3 is 2.79 bits per heavy atom. The Morgan fingerprint density at radius 1 is 1.15 bits per heavy atom. The van der Waals surface area contributed by atoms with Gasteiger partial charge in [0.15, 0.2) is 5.82 Å². The van der Waals surface area contributed by atoms with Crippen LogP contribution >= 0.6 is 0 Å². The SMILES string of the molecule is Cc1ccc2[nH]c(=O)c([C@H](c3nnnn3C[C@H]3CCCO3)N(Cc3ccc(F)cc3)Cc3ccco3)cc2c1. The molecule has 0 aliphatic carbocycles. The third kappa shape index (κ3) is 5.52. The molecule has 1 aliphatic heterocycles. The molecular formula is C29H29FN6O3. The summed E-state index contributed by atoms with van der Waals surface area (Å²) in [5.41, 5.74) is 2.98. The first-order valence-corrected chi connectivity index (χ1v) is 13.1. The maximum Gasteiger partial charge on any atom is 0.253 e. The molecule has 39 heavy (non-hydrogen) atoms. The van der Waals surface area contributed by atoms with Crippen molar-refractivity contribution >= 4 is 10.9 Å². The van der Waals surface area contributed by atoms with E-state index in [0.29, 0.717) is 43.4 Å². The van der Waals surface area contributed by atoms with Gasteiger partial charge in [-0.05, 0) is 83.6 Å². The van der Waals surface area contributed by atoms with Gasteiger partial charge in [-0.25, -0.2) is 9.07 Å². The molecule has 10 heteroatoms. The summed E-state index contributed by atoms with van der Waals surface area (Å²) in [6, 6.07) is 17.3. The van der Waals surface area contributed by atoms with Crippen LogP contribution in [0.2, 0.25) is 0 Å². The van der Waals surface area contributed by atoms with E-state index >= 15 is 0 Å². The van der Waals surface area contributed by atoms with E-state index in [1.54, 1.807) is 23.1 Å². The van der Waals surface area contributed by atoms with E-state index in [1.165, 1.54) is 12.1 Å². The molecule has 0 saturated carbocycles. The van der Waals surface area contributed by atoms with Gasteiger partial charge in [-0.2, -0.15) is 0 Å². The first kappa shape index (κ1) is 25.1. The lowest BCUT2D eigenvalue weighted by Gasteiger charge is -2.30. The van der Waals surface area contributed by atoms with E-state index in [9.17, 15) is 9.18 Å². The minimum absolute atomic E-state index is 0.000981. The van der Waals surface area contributed by atoms with E-state index in [-0.39, 0.29) is 17.5 Å². The molecule has 3 aromatic heterocycles. The largest absolute Gasteiger partial charge is 0.468 e. The first-order chi connectivity index (χ1) is 19.0. The van der Waals surface area contributed by atoms with E-state index < -0.39 is 6.04 Å². The van der Waals surface area contributed by atoms with Gasteiger partial charge in [-0.1, -0.05) is 23.8 Å². The molecule has 2 atom stereocenters. The van der Waals surface area contributed by atoms with Crippen molar-refractivity contribution in [1.29, 1.82) is 0 Å². The summed E-state index contributed by atoms with van der Waals surface area (Å²) in [6.45, 7) is 3.97. The van der Waals surface area contributed by atoms with E-state index in [2.05, 4.69) is 25.4 Å². The highest BCUT2D eigenvalue weighted by Crippen LogP contribution is 2.31. The topological polar surface area (TPSA) is 102 Å². The molecule has 0 unspecified atom stereocenters. The summed E-state index contributed by atoms with van der Waals surface area (Å²) < 4.78 is 27.1. The van der Waals surface area contributed by atoms with Crippen molar-refractivity contribution in [3.63, 3.8) is 0 Å². The summed E-state index contributed by atoms with van der Waals surface area (Å²) in [4.78, 5) is 18.8. The van der Waals surface area contributed by atoms with Crippen LogP contribution in [0, 0.1) is 12.7 Å². The third-order valence-electron chi connectivity index (χ3n) is 7.13. The second kappa shape index (κ2) is 10.9. The number of halogens is 1. The second-order valence-corrected chi connectivity index (χ2v) is 10.0. The van der Waals surface area contributed by atoms with Crippen molar-refractivity contribution in [3.05, 3.63) is 111 Å². The number of benzene rings is 2. The van der Waals surface area contributed by atoms with Crippen molar-refractivity contribution in [2.75, 3.05) is 6.61 Å². The molecule has 200 valence electrons. The lowest BCUT2D eigenvalue weighted by molar-refractivity contribution is 0.0901. The number of rotatable bonds is 9. The molecule has 1 fully saturated rings. The second-order valence-electron chi connectivity index (χ2n) is 10.0. The number of H-pyrrole nitrogens is 1. The van der Waals surface area contributed by atoms with E-state index in [4.69, 9.17) is 9.15 Å². The Balaban J connectivity index is 1.50. The molecule has 0 radical (unpaired) electrons. The van der Waals surface area contributed by atoms with Crippen LogP contribution < -0.4 is 5.56 Å². The van der Waals surface area contributed by atoms with Gasteiger partial charge in [0, 0.05) is 24.2 Å². The van der Waals surface area contributed by atoms with Gasteiger partial charge in [0.1, 0.15) is 17.6 Å². The fraction of sp³-hybridized carbons (Fsp3) is 0.310. The van der Waals surface area contributed by atoms with Gasteiger partial charge in [0.2, 0.25) is 0 Å². The number of tetrazole rings is 1. The maximum atomic E-state index is 13.7. The molecule has 1 aliphatic rings. The Hall–Kier alpha value is -4.15. The summed E-state index contributed by atoms with van der Waals surface area (Å²) in [5, 5.41) is 13.7. The highest BCUT2D eigenvalue weighted by atomic mass is 19.1. The quantitative estimate of drug-likeness (QED) is 0.300. The van der Waals surface area contributed by atoms with Crippen molar-refractivity contribution < 1.29 is 13.5 Å². The number of aryl methyl sites for hydroxylation is 1. The molecule has 0 bridgehead atoms. The highest BCUT2D eigenvalue weighted by molar-refractivity contribution is 5.79. The molecule has 6 rings (SSSR count). The number of aromatic amines is 1. The number of nitrogens with one attached hydrogen (secondary N) is 1. The lowest BCUT2D eigenvalue weighted by atomic mass is 10.0. The predicted molar refractivity (Wildman–Crippen MR) is 142 cm³/mol. The number of fused-ring (bicyclic) bond motifs is 1. The standard InChI is InChI=1S/C29H29FN6O3/c1-19-6-11-26-21(14-19)15-25(29(37)31-26)27(28-32-33-34-36(28)18-24-5-3-13-39-24)35(17-23-4-2-12-38-23)16-20-7-9-22(30)10-8-20/h2,4,6-12,14-15,24,27H,3,5,13,16-18H2,1H3,(H,31,37)/t24-,27-/m1/s1. The first-order valence-electron chi connectivity index (χ1n) is 13.1. The Morgan fingerprint density at radius 2 is 2.03 bits per heavy atom. The van der Waals surface area contributed by atoms with Crippen LogP contribution in [0.1, 0.15) is 47.2 Å². The zero-order valence-corrected chi connectivity index (χ0v) is 21.6. The Labute approximate surface area is 224 Å². The Kier molecular flexibility index (Phi) is 7.04. The van der Waals surface area contributed by atoms with Gasteiger partial charge >= 0.3 is 0 Å². The van der Waals surface area contributed by atoms with Crippen molar-refractivity contribution in [2.45, 2.75) is 51.5 Å². The smallest absolute Gasteiger partial charge is 0.253 e. The zero-order chi connectivity index (χ0) is 26.8. The number of nitrogens with zero attached hydrogens (tertiary/aromatic N) is 5. The third-order valence-corrected chi connectivity index (χ3v) is 7.13. The summed E-state index contributed by atoms with van der Waals surface area (Å²) >= 11 is 0. The van der Waals surface area contributed by atoms with Crippen LogP contribution in [-0.2, 0) is 24.4 Å². The van der Waals surface area contributed by atoms with Crippen molar-refractivity contribution in [1.82, 2.24) is 30.1 Å².